The molecule has 0 N–H and O–H groups in total. The fraction of sp³-hybridized carbons (Fsp3) is 0.727. The van der Waals surface area contributed by atoms with E-state index in [1.54, 1.807) is 0 Å². The van der Waals surface area contributed by atoms with Crippen LogP contribution in [0.25, 0.3) is 0 Å². The van der Waals surface area contributed by atoms with Crippen molar-refractivity contribution in [2.45, 2.75) is 71.3 Å². The van der Waals surface area contributed by atoms with Crippen molar-refractivity contribution in [3.8, 4) is 0 Å². The number of hydrogen-bond acceptors (Lipinski definition) is 1. The molecular formula is C22H34O. The van der Waals surface area contributed by atoms with Gasteiger partial charge in [-0.3, -0.25) is 0 Å². The Bertz CT molecular complexity index is 441. The molecule has 0 heterocycles. The van der Waals surface area contributed by atoms with Crippen molar-refractivity contribution in [2.24, 2.45) is 23.7 Å². The van der Waals surface area contributed by atoms with Crippen LogP contribution in [-0.2, 0) is 11.3 Å². The normalized spacial score (nSPS) is 30.3. The summed E-state index contributed by atoms with van der Waals surface area (Å²) in [5, 5.41) is 0. The number of unbranched alkanes of at least 4 members (excludes halogenated alkanes) is 1. The minimum absolute atomic E-state index is 0.778. The molecule has 2 bridgehead atoms. The number of benzene rings is 1. The Morgan fingerprint density at radius 2 is 1.87 bits per heavy atom. The average Bonchev–Trinajstić information content (AvgIpc) is 2.59. The van der Waals surface area contributed by atoms with Gasteiger partial charge in [0.25, 0.3) is 0 Å². The van der Waals surface area contributed by atoms with Gasteiger partial charge in [0.15, 0.2) is 0 Å². The van der Waals surface area contributed by atoms with Crippen molar-refractivity contribution in [1.82, 2.24) is 0 Å². The number of rotatable bonds is 8. The third-order valence-electron chi connectivity index (χ3n) is 6.26. The van der Waals surface area contributed by atoms with Crippen LogP contribution in [0.5, 0.6) is 0 Å². The molecule has 2 aliphatic rings. The summed E-state index contributed by atoms with van der Waals surface area (Å²) in [5.41, 5.74) is 1.30. The van der Waals surface area contributed by atoms with E-state index >= 15 is 0 Å². The van der Waals surface area contributed by atoms with E-state index in [9.17, 15) is 0 Å². The molecule has 0 aromatic heterocycles. The first kappa shape index (κ1) is 17.0. The highest BCUT2D eigenvalue weighted by atomic mass is 16.5. The molecule has 1 nitrogen and oxygen atoms in total. The summed E-state index contributed by atoms with van der Waals surface area (Å²) in [5.74, 6) is 4.03. The lowest BCUT2D eigenvalue weighted by molar-refractivity contribution is 0.0439. The van der Waals surface area contributed by atoms with E-state index in [1.807, 2.05) is 0 Å². The first-order valence-corrected chi connectivity index (χ1v) is 9.96. The number of hydrogen-bond donors (Lipinski definition) is 0. The molecule has 0 aliphatic heterocycles. The smallest absolute Gasteiger partial charge is 0.0716 e. The van der Waals surface area contributed by atoms with Gasteiger partial charge in [0.1, 0.15) is 0 Å². The number of fused-ring (bicyclic) bond motifs is 2. The summed E-state index contributed by atoms with van der Waals surface area (Å²) < 4.78 is 5.95. The van der Waals surface area contributed by atoms with Crippen LogP contribution in [0.4, 0.5) is 0 Å². The third kappa shape index (κ3) is 5.08. The van der Waals surface area contributed by atoms with Crippen LogP contribution in [0.15, 0.2) is 30.3 Å². The second kappa shape index (κ2) is 8.87. The minimum atomic E-state index is 0.778. The maximum atomic E-state index is 5.95. The Morgan fingerprint density at radius 3 is 2.70 bits per heavy atom. The van der Waals surface area contributed by atoms with E-state index in [-0.39, 0.29) is 0 Å². The molecule has 1 aromatic rings. The van der Waals surface area contributed by atoms with Gasteiger partial charge < -0.3 is 4.74 Å². The molecule has 3 rings (SSSR count). The first-order chi connectivity index (χ1) is 11.3. The van der Waals surface area contributed by atoms with Gasteiger partial charge in [-0.25, -0.2) is 0 Å². The van der Waals surface area contributed by atoms with E-state index in [4.69, 9.17) is 4.74 Å². The lowest BCUT2D eigenvalue weighted by Crippen LogP contribution is -2.33. The SMILES string of the molecule is CCCCC1CC2CCC(CCOCc3ccccc3)C(C1)C2. The lowest BCUT2D eigenvalue weighted by Gasteiger charge is -2.44. The molecule has 0 radical (unpaired) electrons. The van der Waals surface area contributed by atoms with Gasteiger partial charge in [0, 0.05) is 6.61 Å². The Hall–Kier alpha value is -0.820. The molecule has 2 saturated carbocycles. The van der Waals surface area contributed by atoms with Crippen LogP contribution in [0.3, 0.4) is 0 Å². The summed E-state index contributed by atoms with van der Waals surface area (Å²) in [4.78, 5) is 0. The molecule has 0 spiro atoms. The van der Waals surface area contributed by atoms with Gasteiger partial charge >= 0.3 is 0 Å². The van der Waals surface area contributed by atoms with Crippen molar-refractivity contribution >= 4 is 0 Å². The molecular weight excluding hydrogens is 280 g/mol. The molecule has 2 fully saturated rings. The average molecular weight is 315 g/mol. The van der Waals surface area contributed by atoms with Gasteiger partial charge in [-0.1, -0.05) is 62.9 Å². The highest BCUT2D eigenvalue weighted by Gasteiger charge is 2.36. The predicted octanol–water partition coefficient (Wildman–Crippen LogP) is 6.23. The highest BCUT2D eigenvalue weighted by Crippen LogP contribution is 2.47. The Morgan fingerprint density at radius 1 is 1.00 bits per heavy atom. The van der Waals surface area contributed by atoms with E-state index in [1.165, 1.54) is 63.4 Å². The van der Waals surface area contributed by atoms with E-state index in [0.717, 1.165) is 36.9 Å². The van der Waals surface area contributed by atoms with Gasteiger partial charge in [-0.05, 0) is 61.3 Å². The highest BCUT2D eigenvalue weighted by molar-refractivity contribution is 5.13. The minimum Gasteiger partial charge on any atom is -0.377 e. The standard InChI is InChI=1S/C22H34O/c1-2-3-7-19-14-20-10-11-21(22(15-19)16-20)12-13-23-17-18-8-5-4-6-9-18/h4-6,8-9,19-22H,2-3,7,10-17H2,1H3. The third-order valence-corrected chi connectivity index (χ3v) is 6.26. The lowest BCUT2D eigenvalue weighted by atomic mass is 9.62. The summed E-state index contributed by atoms with van der Waals surface area (Å²) in [6, 6.07) is 10.6. The zero-order chi connectivity index (χ0) is 15.9. The molecule has 23 heavy (non-hydrogen) atoms. The quantitative estimate of drug-likeness (QED) is 0.517. The monoisotopic (exact) mass is 314 g/mol. The van der Waals surface area contributed by atoms with E-state index < -0.39 is 0 Å². The molecule has 1 aromatic carbocycles. The Labute approximate surface area is 142 Å². The largest absolute Gasteiger partial charge is 0.377 e. The van der Waals surface area contributed by atoms with Crippen molar-refractivity contribution in [1.29, 1.82) is 0 Å². The van der Waals surface area contributed by atoms with Crippen molar-refractivity contribution < 1.29 is 4.74 Å². The van der Waals surface area contributed by atoms with Crippen molar-refractivity contribution in [3.05, 3.63) is 35.9 Å². The fourth-order valence-electron chi connectivity index (χ4n) is 5.03. The van der Waals surface area contributed by atoms with Gasteiger partial charge in [-0.2, -0.15) is 0 Å². The summed E-state index contributed by atoms with van der Waals surface area (Å²) in [6.45, 7) is 4.05. The second-order valence-corrected chi connectivity index (χ2v) is 8.01. The zero-order valence-corrected chi connectivity index (χ0v) is 14.9. The van der Waals surface area contributed by atoms with E-state index in [0.29, 0.717) is 0 Å². The van der Waals surface area contributed by atoms with Crippen LogP contribution < -0.4 is 0 Å². The van der Waals surface area contributed by atoms with Gasteiger partial charge in [0.05, 0.1) is 6.61 Å². The Balaban J connectivity index is 1.40. The van der Waals surface area contributed by atoms with E-state index in [2.05, 4.69) is 37.3 Å². The molecule has 4 atom stereocenters. The zero-order valence-electron chi connectivity index (χ0n) is 14.9. The van der Waals surface area contributed by atoms with Crippen molar-refractivity contribution in [2.75, 3.05) is 6.61 Å². The topological polar surface area (TPSA) is 9.23 Å². The van der Waals surface area contributed by atoms with Gasteiger partial charge in [-0.15, -0.1) is 0 Å². The summed E-state index contributed by atoms with van der Waals surface area (Å²) >= 11 is 0. The van der Waals surface area contributed by atoms with Crippen LogP contribution in [0.2, 0.25) is 0 Å². The Kier molecular flexibility index (Phi) is 6.56. The fourth-order valence-corrected chi connectivity index (χ4v) is 5.03. The first-order valence-electron chi connectivity index (χ1n) is 9.96. The summed E-state index contributed by atoms with van der Waals surface area (Å²) in [6.07, 6.45) is 13.1. The maximum absolute atomic E-state index is 5.95. The molecule has 128 valence electrons. The van der Waals surface area contributed by atoms with Crippen LogP contribution in [0, 0.1) is 23.7 Å². The molecule has 2 aliphatic carbocycles. The van der Waals surface area contributed by atoms with Gasteiger partial charge in [0.2, 0.25) is 0 Å². The van der Waals surface area contributed by atoms with Crippen molar-refractivity contribution in [3.63, 3.8) is 0 Å². The second-order valence-electron chi connectivity index (χ2n) is 8.01. The van der Waals surface area contributed by atoms with Crippen LogP contribution in [-0.4, -0.2) is 6.61 Å². The molecule has 0 saturated heterocycles. The maximum Gasteiger partial charge on any atom is 0.0716 e. The predicted molar refractivity (Wildman–Crippen MR) is 97.3 cm³/mol. The molecule has 4 unspecified atom stereocenters. The van der Waals surface area contributed by atoms with Crippen LogP contribution in [0.1, 0.15) is 70.3 Å². The number of ether oxygens (including phenoxy) is 1. The molecule has 1 heteroatoms. The molecule has 0 amide bonds. The van der Waals surface area contributed by atoms with Crippen LogP contribution >= 0.6 is 0 Å². The summed E-state index contributed by atoms with van der Waals surface area (Å²) in [7, 11) is 0.